The van der Waals surface area contributed by atoms with E-state index >= 15 is 0 Å². The number of rotatable bonds is 8. The number of hydrogen-bond donors (Lipinski definition) is 1. The van der Waals surface area contributed by atoms with E-state index in [-0.39, 0.29) is 0 Å². The Kier molecular flexibility index (Phi) is 6.75. The van der Waals surface area contributed by atoms with Crippen LogP contribution in [0, 0.1) is 5.82 Å². The van der Waals surface area contributed by atoms with Gasteiger partial charge < -0.3 is 9.47 Å². The van der Waals surface area contributed by atoms with Gasteiger partial charge >= 0.3 is 0 Å². The summed E-state index contributed by atoms with van der Waals surface area (Å²) in [5.41, 5.74) is 3.48. The smallest absolute Gasteiger partial charge is 0.271 e. The standard InChI is InChI=1S/C21H19FN2O3S/c1-2-26-20-12-15(5-10-19(20)27-14-18-4-3-11-28-18)13-23-24-21(25)16-6-8-17(22)9-7-16/h3-13H,2,14H2,1H3,(H,24,25)/b23-13-. The van der Waals surface area contributed by atoms with Gasteiger partial charge in [0.05, 0.1) is 12.8 Å². The van der Waals surface area contributed by atoms with Crippen molar-refractivity contribution in [3.63, 3.8) is 0 Å². The lowest BCUT2D eigenvalue weighted by molar-refractivity contribution is 0.0955. The molecule has 7 heteroatoms. The first kappa shape index (κ1) is 19.6. The van der Waals surface area contributed by atoms with E-state index in [1.807, 2.05) is 36.6 Å². The highest BCUT2D eigenvalue weighted by Gasteiger charge is 2.07. The van der Waals surface area contributed by atoms with E-state index in [0.717, 1.165) is 10.4 Å². The van der Waals surface area contributed by atoms with Crippen LogP contribution in [-0.4, -0.2) is 18.7 Å². The van der Waals surface area contributed by atoms with Crippen molar-refractivity contribution in [2.45, 2.75) is 13.5 Å². The second-order valence-corrected chi connectivity index (χ2v) is 6.75. The first-order valence-corrected chi connectivity index (χ1v) is 9.54. The molecule has 0 radical (unpaired) electrons. The molecule has 0 aliphatic rings. The first-order chi connectivity index (χ1) is 13.7. The molecule has 0 aliphatic carbocycles. The van der Waals surface area contributed by atoms with Crippen molar-refractivity contribution in [2.24, 2.45) is 5.10 Å². The number of ether oxygens (including phenoxy) is 2. The summed E-state index contributed by atoms with van der Waals surface area (Å²) in [5.74, 6) is 0.428. The van der Waals surface area contributed by atoms with Crippen LogP contribution >= 0.6 is 11.3 Å². The highest BCUT2D eigenvalue weighted by Crippen LogP contribution is 2.29. The van der Waals surface area contributed by atoms with Crippen LogP contribution in [0.4, 0.5) is 4.39 Å². The van der Waals surface area contributed by atoms with Gasteiger partial charge in [0.25, 0.3) is 5.91 Å². The van der Waals surface area contributed by atoms with Gasteiger partial charge in [0.2, 0.25) is 0 Å². The largest absolute Gasteiger partial charge is 0.490 e. The highest BCUT2D eigenvalue weighted by molar-refractivity contribution is 7.09. The lowest BCUT2D eigenvalue weighted by Crippen LogP contribution is -2.17. The van der Waals surface area contributed by atoms with E-state index in [0.29, 0.717) is 30.3 Å². The number of hydrogen-bond acceptors (Lipinski definition) is 5. The van der Waals surface area contributed by atoms with E-state index in [1.54, 1.807) is 17.4 Å². The molecule has 0 spiro atoms. The molecular formula is C21H19FN2O3S. The molecule has 0 saturated heterocycles. The third-order valence-corrected chi connectivity index (χ3v) is 4.55. The maximum Gasteiger partial charge on any atom is 0.271 e. The second kappa shape index (κ2) is 9.66. The summed E-state index contributed by atoms with van der Waals surface area (Å²) in [4.78, 5) is 13.1. The summed E-state index contributed by atoms with van der Waals surface area (Å²) in [5, 5.41) is 5.95. The van der Waals surface area contributed by atoms with Crippen LogP contribution < -0.4 is 14.9 Å². The molecule has 1 aromatic heterocycles. The van der Waals surface area contributed by atoms with E-state index in [9.17, 15) is 9.18 Å². The fourth-order valence-electron chi connectivity index (χ4n) is 2.37. The summed E-state index contributed by atoms with van der Waals surface area (Å²) in [6.45, 7) is 2.86. The van der Waals surface area contributed by atoms with Gasteiger partial charge in [-0.05, 0) is 66.4 Å². The molecule has 0 atom stereocenters. The van der Waals surface area contributed by atoms with Gasteiger partial charge in [-0.25, -0.2) is 9.82 Å². The fourth-order valence-corrected chi connectivity index (χ4v) is 2.98. The van der Waals surface area contributed by atoms with Gasteiger partial charge in [0.1, 0.15) is 12.4 Å². The number of benzene rings is 2. The predicted molar refractivity (Wildman–Crippen MR) is 108 cm³/mol. The van der Waals surface area contributed by atoms with Crippen molar-refractivity contribution < 1.29 is 18.7 Å². The quantitative estimate of drug-likeness (QED) is 0.445. The topological polar surface area (TPSA) is 59.9 Å². The number of nitrogens with one attached hydrogen (secondary N) is 1. The Morgan fingerprint density at radius 2 is 1.96 bits per heavy atom. The van der Waals surface area contributed by atoms with Crippen LogP contribution in [-0.2, 0) is 6.61 Å². The lowest BCUT2D eigenvalue weighted by Gasteiger charge is -2.12. The zero-order valence-corrected chi connectivity index (χ0v) is 16.0. The molecule has 1 N–H and O–H groups in total. The number of carbonyl (C=O) groups excluding carboxylic acids is 1. The molecule has 0 aliphatic heterocycles. The number of hydrazone groups is 1. The molecule has 1 heterocycles. The van der Waals surface area contributed by atoms with Crippen molar-refractivity contribution in [1.82, 2.24) is 5.43 Å². The van der Waals surface area contributed by atoms with Crippen LogP contribution in [0.2, 0.25) is 0 Å². The van der Waals surface area contributed by atoms with Gasteiger partial charge in [-0.3, -0.25) is 4.79 Å². The Morgan fingerprint density at radius 1 is 1.14 bits per heavy atom. The van der Waals surface area contributed by atoms with Crippen LogP contribution in [0.1, 0.15) is 27.7 Å². The third kappa shape index (κ3) is 5.40. The zero-order chi connectivity index (χ0) is 19.8. The van der Waals surface area contributed by atoms with E-state index in [1.165, 1.54) is 30.5 Å². The maximum atomic E-state index is 12.9. The van der Waals surface area contributed by atoms with Crippen molar-refractivity contribution in [3.8, 4) is 11.5 Å². The van der Waals surface area contributed by atoms with Crippen LogP contribution in [0.15, 0.2) is 65.1 Å². The molecule has 1 amide bonds. The van der Waals surface area contributed by atoms with Crippen molar-refractivity contribution in [2.75, 3.05) is 6.61 Å². The average Bonchev–Trinajstić information content (AvgIpc) is 3.22. The SMILES string of the molecule is CCOc1cc(/C=N\NC(=O)c2ccc(F)cc2)ccc1OCc1cccs1. The number of carbonyl (C=O) groups is 1. The predicted octanol–water partition coefficient (Wildman–Crippen LogP) is 4.63. The molecule has 2 aromatic carbocycles. The minimum absolute atomic E-state index is 0.325. The van der Waals surface area contributed by atoms with Crippen molar-refractivity contribution >= 4 is 23.5 Å². The summed E-state index contributed by atoms with van der Waals surface area (Å²) in [7, 11) is 0. The Hall–Kier alpha value is -3.19. The van der Waals surface area contributed by atoms with Crippen molar-refractivity contribution in [1.29, 1.82) is 0 Å². The first-order valence-electron chi connectivity index (χ1n) is 8.66. The molecule has 5 nitrogen and oxygen atoms in total. The molecule has 0 fully saturated rings. The van der Waals surface area contributed by atoms with E-state index in [4.69, 9.17) is 9.47 Å². The van der Waals surface area contributed by atoms with Gasteiger partial charge in [-0.2, -0.15) is 5.10 Å². The molecule has 144 valence electrons. The van der Waals surface area contributed by atoms with Gasteiger partial charge in [0.15, 0.2) is 11.5 Å². The van der Waals surface area contributed by atoms with Gasteiger partial charge in [-0.1, -0.05) is 6.07 Å². The normalized spacial score (nSPS) is 10.8. The van der Waals surface area contributed by atoms with Gasteiger partial charge in [0, 0.05) is 10.4 Å². The van der Waals surface area contributed by atoms with E-state index < -0.39 is 11.7 Å². The Balaban J connectivity index is 1.64. The average molecular weight is 398 g/mol. The fraction of sp³-hybridized carbons (Fsp3) is 0.143. The second-order valence-electron chi connectivity index (χ2n) is 5.71. The molecule has 3 aromatic rings. The van der Waals surface area contributed by atoms with E-state index in [2.05, 4.69) is 10.5 Å². The maximum absolute atomic E-state index is 12.9. The monoisotopic (exact) mass is 398 g/mol. The Labute approximate surface area is 166 Å². The summed E-state index contributed by atoms with van der Waals surface area (Å²) in [6, 6.07) is 14.6. The number of amides is 1. The number of nitrogens with zero attached hydrogens (tertiary/aromatic N) is 1. The molecule has 0 bridgehead atoms. The minimum Gasteiger partial charge on any atom is -0.490 e. The Morgan fingerprint density at radius 3 is 2.68 bits per heavy atom. The number of thiophene rings is 1. The molecule has 3 rings (SSSR count). The van der Waals surface area contributed by atoms with Crippen LogP contribution in [0.5, 0.6) is 11.5 Å². The minimum atomic E-state index is -0.419. The summed E-state index contributed by atoms with van der Waals surface area (Å²) in [6.07, 6.45) is 1.51. The van der Waals surface area contributed by atoms with Crippen LogP contribution in [0.3, 0.4) is 0 Å². The Bertz CT molecular complexity index is 941. The number of halogens is 1. The van der Waals surface area contributed by atoms with Crippen LogP contribution in [0.25, 0.3) is 0 Å². The molecule has 0 saturated carbocycles. The lowest BCUT2D eigenvalue weighted by atomic mass is 10.2. The summed E-state index contributed by atoms with van der Waals surface area (Å²) >= 11 is 1.63. The molecule has 28 heavy (non-hydrogen) atoms. The zero-order valence-electron chi connectivity index (χ0n) is 15.2. The van der Waals surface area contributed by atoms with Gasteiger partial charge in [-0.15, -0.1) is 11.3 Å². The third-order valence-electron chi connectivity index (χ3n) is 3.70. The highest BCUT2D eigenvalue weighted by atomic mass is 32.1. The molecular weight excluding hydrogens is 379 g/mol. The van der Waals surface area contributed by atoms with Crippen molar-refractivity contribution in [3.05, 3.63) is 81.8 Å². The molecule has 0 unspecified atom stereocenters. The summed E-state index contributed by atoms with van der Waals surface area (Å²) < 4.78 is 24.4.